The summed E-state index contributed by atoms with van der Waals surface area (Å²) in [6.07, 6.45) is 1.72. The number of nitrogens with one attached hydrogen (secondary N) is 1. The molecule has 0 saturated carbocycles. The molecular formula is C17H21FN6O. The van der Waals surface area contributed by atoms with Crippen molar-refractivity contribution in [2.75, 3.05) is 55.4 Å². The number of hydrogen-bond acceptors (Lipinski definition) is 5. The minimum atomic E-state index is -0.437. The molecule has 132 valence electrons. The van der Waals surface area contributed by atoms with Gasteiger partial charge >= 0.3 is 6.03 Å². The van der Waals surface area contributed by atoms with Gasteiger partial charge in [0.2, 0.25) is 0 Å². The number of carbonyl (C=O) groups is 1. The topological polar surface area (TPSA) is 64.6 Å². The molecule has 0 aliphatic carbocycles. The van der Waals surface area contributed by atoms with Crippen LogP contribution in [0.5, 0.6) is 0 Å². The number of halogens is 1. The number of rotatable bonds is 3. The lowest BCUT2D eigenvalue weighted by molar-refractivity contribution is 0.208. The standard InChI is InChI=1S/C17H21FN6O/c1-22(2)16-11-13(12-19-21-16)23-7-9-24(10-8-23)17(25)20-15-6-4-3-5-14(15)18/h3-6,11-12H,7-10H2,1-2H3,(H,20,25). The zero-order chi connectivity index (χ0) is 17.8. The zero-order valence-electron chi connectivity index (χ0n) is 14.3. The molecule has 8 heteroatoms. The summed E-state index contributed by atoms with van der Waals surface area (Å²) < 4.78 is 13.6. The first-order chi connectivity index (χ1) is 12.0. The first-order valence-corrected chi connectivity index (χ1v) is 8.10. The summed E-state index contributed by atoms with van der Waals surface area (Å²) >= 11 is 0. The number of urea groups is 1. The molecule has 1 saturated heterocycles. The van der Waals surface area contributed by atoms with Gasteiger partial charge in [-0.1, -0.05) is 12.1 Å². The maximum atomic E-state index is 13.6. The van der Waals surface area contributed by atoms with Gasteiger partial charge in [-0.05, 0) is 12.1 Å². The van der Waals surface area contributed by atoms with Gasteiger partial charge < -0.3 is 20.0 Å². The number of para-hydroxylation sites is 1. The van der Waals surface area contributed by atoms with Crippen molar-refractivity contribution in [1.29, 1.82) is 0 Å². The smallest absolute Gasteiger partial charge is 0.322 e. The molecule has 1 aromatic carbocycles. The highest BCUT2D eigenvalue weighted by Gasteiger charge is 2.22. The second-order valence-corrected chi connectivity index (χ2v) is 6.05. The van der Waals surface area contributed by atoms with Gasteiger partial charge in [-0.25, -0.2) is 9.18 Å². The summed E-state index contributed by atoms with van der Waals surface area (Å²) in [7, 11) is 3.83. The Bertz CT molecular complexity index is 745. The van der Waals surface area contributed by atoms with E-state index in [9.17, 15) is 9.18 Å². The van der Waals surface area contributed by atoms with Gasteiger partial charge in [-0.2, -0.15) is 5.10 Å². The quantitative estimate of drug-likeness (QED) is 0.923. The van der Waals surface area contributed by atoms with Crippen LogP contribution in [0.25, 0.3) is 0 Å². The monoisotopic (exact) mass is 344 g/mol. The Labute approximate surface area is 146 Å². The molecule has 2 heterocycles. The number of benzene rings is 1. The molecule has 7 nitrogen and oxygen atoms in total. The third kappa shape index (κ3) is 3.96. The Balaban J connectivity index is 1.59. The number of carbonyl (C=O) groups excluding carboxylic acids is 1. The molecule has 0 atom stereocenters. The number of hydrogen-bond donors (Lipinski definition) is 1. The molecular weight excluding hydrogens is 323 g/mol. The van der Waals surface area contributed by atoms with E-state index in [0.29, 0.717) is 26.2 Å². The van der Waals surface area contributed by atoms with Gasteiger partial charge in [0.1, 0.15) is 5.82 Å². The fourth-order valence-electron chi connectivity index (χ4n) is 2.66. The van der Waals surface area contributed by atoms with E-state index in [1.807, 2.05) is 25.1 Å². The van der Waals surface area contributed by atoms with E-state index >= 15 is 0 Å². The molecule has 25 heavy (non-hydrogen) atoms. The summed E-state index contributed by atoms with van der Waals surface area (Å²) in [5, 5.41) is 10.7. The van der Waals surface area contributed by atoms with Crippen molar-refractivity contribution < 1.29 is 9.18 Å². The molecule has 1 aromatic heterocycles. The van der Waals surface area contributed by atoms with Crippen LogP contribution in [0.3, 0.4) is 0 Å². The highest BCUT2D eigenvalue weighted by molar-refractivity contribution is 5.89. The van der Waals surface area contributed by atoms with E-state index in [1.54, 1.807) is 29.3 Å². The molecule has 0 bridgehead atoms. The normalized spacial score (nSPS) is 14.4. The van der Waals surface area contributed by atoms with Crippen LogP contribution in [0.1, 0.15) is 0 Å². The maximum absolute atomic E-state index is 13.6. The summed E-state index contributed by atoms with van der Waals surface area (Å²) in [5.41, 5.74) is 1.18. The van der Waals surface area contributed by atoms with Gasteiger partial charge in [0.05, 0.1) is 17.6 Å². The molecule has 0 radical (unpaired) electrons. The average molecular weight is 344 g/mol. The van der Waals surface area contributed by atoms with Crippen molar-refractivity contribution in [1.82, 2.24) is 15.1 Å². The first kappa shape index (κ1) is 16.9. The summed E-state index contributed by atoms with van der Waals surface area (Å²) in [6, 6.07) is 7.85. The van der Waals surface area contributed by atoms with E-state index in [4.69, 9.17) is 0 Å². The van der Waals surface area contributed by atoms with E-state index < -0.39 is 5.82 Å². The van der Waals surface area contributed by atoms with Crippen molar-refractivity contribution in [2.24, 2.45) is 0 Å². The number of nitrogens with zero attached hydrogens (tertiary/aromatic N) is 5. The van der Waals surface area contributed by atoms with Gasteiger partial charge in [0, 0.05) is 46.3 Å². The Hall–Kier alpha value is -2.90. The first-order valence-electron chi connectivity index (χ1n) is 8.10. The number of anilines is 3. The summed E-state index contributed by atoms with van der Waals surface area (Å²) in [5.74, 6) is 0.353. The average Bonchev–Trinajstić information content (AvgIpc) is 2.64. The van der Waals surface area contributed by atoms with Gasteiger partial charge in [0.25, 0.3) is 0 Å². The minimum absolute atomic E-state index is 0.198. The van der Waals surface area contributed by atoms with Crippen LogP contribution in [0.4, 0.5) is 26.4 Å². The van der Waals surface area contributed by atoms with Crippen molar-refractivity contribution in [3.8, 4) is 0 Å². The highest BCUT2D eigenvalue weighted by atomic mass is 19.1. The van der Waals surface area contributed by atoms with E-state index in [1.165, 1.54) is 6.07 Å². The lowest BCUT2D eigenvalue weighted by Gasteiger charge is -2.36. The summed E-state index contributed by atoms with van der Waals surface area (Å²) in [6.45, 7) is 2.48. The van der Waals surface area contributed by atoms with Gasteiger partial charge in [-0.3, -0.25) is 0 Å². The van der Waals surface area contributed by atoms with Crippen LogP contribution in [0, 0.1) is 5.82 Å². The third-order valence-electron chi connectivity index (χ3n) is 4.13. The molecule has 1 N–H and O–H groups in total. The van der Waals surface area contributed by atoms with Gasteiger partial charge in [0.15, 0.2) is 5.82 Å². The van der Waals surface area contributed by atoms with Crippen LogP contribution in [-0.4, -0.2) is 61.4 Å². The Kier molecular flexibility index (Phi) is 4.97. The SMILES string of the molecule is CN(C)c1cc(N2CCN(C(=O)Nc3ccccc3F)CC2)cnn1. The predicted octanol–water partition coefficient (Wildman–Crippen LogP) is 2.04. The largest absolute Gasteiger partial charge is 0.367 e. The third-order valence-corrected chi connectivity index (χ3v) is 4.13. The van der Waals surface area contributed by atoms with E-state index in [0.717, 1.165) is 11.5 Å². The second-order valence-electron chi connectivity index (χ2n) is 6.05. The highest BCUT2D eigenvalue weighted by Crippen LogP contribution is 2.20. The van der Waals surface area contributed by atoms with Crippen LogP contribution in [0.2, 0.25) is 0 Å². The van der Waals surface area contributed by atoms with E-state index in [2.05, 4.69) is 20.4 Å². The second kappa shape index (κ2) is 7.33. The molecule has 2 aromatic rings. The minimum Gasteiger partial charge on any atom is -0.367 e. The van der Waals surface area contributed by atoms with Crippen LogP contribution in [-0.2, 0) is 0 Å². The molecule has 1 aliphatic rings. The van der Waals surface area contributed by atoms with E-state index in [-0.39, 0.29) is 11.7 Å². The number of aromatic nitrogens is 2. The molecule has 0 unspecified atom stereocenters. The maximum Gasteiger partial charge on any atom is 0.322 e. The van der Waals surface area contributed by atoms with Crippen LogP contribution < -0.4 is 15.1 Å². The fourth-order valence-corrected chi connectivity index (χ4v) is 2.66. The molecule has 3 rings (SSSR count). The number of piperazine rings is 1. The molecule has 0 spiro atoms. The van der Waals surface area contributed by atoms with Crippen LogP contribution >= 0.6 is 0 Å². The Morgan fingerprint density at radius 3 is 2.60 bits per heavy atom. The molecule has 1 aliphatic heterocycles. The van der Waals surface area contributed by atoms with Gasteiger partial charge in [-0.15, -0.1) is 5.10 Å². The van der Waals surface area contributed by atoms with Crippen molar-refractivity contribution in [3.63, 3.8) is 0 Å². The molecule has 2 amide bonds. The molecule has 1 fully saturated rings. The predicted molar refractivity (Wildman–Crippen MR) is 95.6 cm³/mol. The number of amides is 2. The van der Waals surface area contributed by atoms with Crippen molar-refractivity contribution in [3.05, 3.63) is 42.3 Å². The Morgan fingerprint density at radius 1 is 1.20 bits per heavy atom. The summed E-state index contributed by atoms with van der Waals surface area (Å²) in [4.78, 5) is 18.1. The van der Waals surface area contributed by atoms with Crippen LogP contribution in [0.15, 0.2) is 36.5 Å². The van der Waals surface area contributed by atoms with Crippen molar-refractivity contribution in [2.45, 2.75) is 0 Å². The lowest BCUT2D eigenvalue weighted by Crippen LogP contribution is -2.50. The zero-order valence-corrected chi connectivity index (χ0v) is 14.3. The Morgan fingerprint density at radius 2 is 1.92 bits per heavy atom. The fraction of sp³-hybridized carbons (Fsp3) is 0.353. The van der Waals surface area contributed by atoms with Crippen molar-refractivity contribution >= 4 is 23.2 Å². The lowest BCUT2D eigenvalue weighted by atomic mass is 10.2.